The SMILES string of the molecule is COc1cc2scc(O)c2cc1C. The maximum absolute atomic E-state index is 9.47. The molecule has 1 heterocycles. The Morgan fingerprint density at radius 2 is 2.15 bits per heavy atom. The lowest BCUT2D eigenvalue weighted by atomic mass is 10.1. The normalized spacial score (nSPS) is 10.6. The first-order valence-electron chi connectivity index (χ1n) is 3.97. The summed E-state index contributed by atoms with van der Waals surface area (Å²) in [5, 5.41) is 12.1. The van der Waals surface area contributed by atoms with Crippen molar-refractivity contribution in [1.29, 1.82) is 0 Å². The lowest BCUT2D eigenvalue weighted by molar-refractivity contribution is 0.412. The highest BCUT2D eigenvalue weighted by atomic mass is 32.1. The Morgan fingerprint density at radius 3 is 2.85 bits per heavy atom. The van der Waals surface area contributed by atoms with Gasteiger partial charge in [0.2, 0.25) is 0 Å². The molecule has 0 bridgehead atoms. The Labute approximate surface area is 80.4 Å². The van der Waals surface area contributed by atoms with Crippen LogP contribution in [0.3, 0.4) is 0 Å². The van der Waals surface area contributed by atoms with Crippen molar-refractivity contribution in [3.05, 3.63) is 23.1 Å². The van der Waals surface area contributed by atoms with Gasteiger partial charge in [-0.15, -0.1) is 11.3 Å². The summed E-state index contributed by atoms with van der Waals surface area (Å²) in [6.07, 6.45) is 0. The van der Waals surface area contributed by atoms with Gasteiger partial charge in [-0.3, -0.25) is 0 Å². The minimum atomic E-state index is 0.353. The summed E-state index contributed by atoms with van der Waals surface area (Å²) in [5.74, 6) is 1.22. The second-order valence-electron chi connectivity index (χ2n) is 2.94. The Balaban J connectivity index is 2.76. The third-order valence-electron chi connectivity index (χ3n) is 2.07. The highest BCUT2D eigenvalue weighted by molar-refractivity contribution is 7.17. The molecule has 3 heteroatoms. The van der Waals surface area contributed by atoms with E-state index < -0.39 is 0 Å². The average molecular weight is 194 g/mol. The van der Waals surface area contributed by atoms with E-state index in [0.29, 0.717) is 5.75 Å². The Kier molecular flexibility index (Phi) is 1.88. The third kappa shape index (κ3) is 1.25. The predicted octanol–water partition coefficient (Wildman–Crippen LogP) is 2.92. The first-order valence-corrected chi connectivity index (χ1v) is 4.85. The van der Waals surface area contributed by atoms with Gasteiger partial charge in [0, 0.05) is 15.5 Å². The molecule has 0 spiro atoms. The number of aromatic hydroxyl groups is 1. The smallest absolute Gasteiger partial charge is 0.134 e. The van der Waals surface area contributed by atoms with E-state index >= 15 is 0 Å². The van der Waals surface area contributed by atoms with Crippen LogP contribution in [0.2, 0.25) is 0 Å². The minimum absolute atomic E-state index is 0.353. The first kappa shape index (κ1) is 8.38. The lowest BCUT2D eigenvalue weighted by Crippen LogP contribution is -1.85. The number of methoxy groups -OCH3 is 1. The molecular formula is C10H10O2S. The first-order chi connectivity index (χ1) is 6.22. The molecule has 0 amide bonds. The molecule has 0 aliphatic carbocycles. The number of rotatable bonds is 1. The molecule has 13 heavy (non-hydrogen) atoms. The molecule has 2 rings (SSSR count). The number of benzene rings is 1. The predicted molar refractivity (Wildman–Crippen MR) is 54.8 cm³/mol. The summed E-state index contributed by atoms with van der Waals surface area (Å²) in [6, 6.07) is 3.90. The van der Waals surface area contributed by atoms with Crippen LogP contribution < -0.4 is 4.74 Å². The second-order valence-corrected chi connectivity index (χ2v) is 3.85. The summed E-state index contributed by atoms with van der Waals surface area (Å²) in [6.45, 7) is 1.97. The molecule has 0 fully saturated rings. The topological polar surface area (TPSA) is 29.5 Å². The highest BCUT2D eigenvalue weighted by Gasteiger charge is 2.06. The van der Waals surface area contributed by atoms with E-state index in [-0.39, 0.29) is 0 Å². The van der Waals surface area contributed by atoms with Crippen LogP contribution in [0.1, 0.15) is 5.56 Å². The van der Waals surface area contributed by atoms with E-state index in [1.807, 2.05) is 19.1 Å². The van der Waals surface area contributed by atoms with E-state index in [2.05, 4.69) is 0 Å². The van der Waals surface area contributed by atoms with Crippen LogP contribution in [-0.2, 0) is 0 Å². The summed E-state index contributed by atoms with van der Waals surface area (Å²) >= 11 is 1.52. The number of aryl methyl sites for hydroxylation is 1. The lowest BCUT2D eigenvalue weighted by Gasteiger charge is -2.03. The largest absolute Gasteiger partial charge is 0.506 e. The molecule has 0 aliphatic heterocycles. The number of hydrogen-bond acceptors (Lipinski definition) is 3. The van der Waals surface area contributed by atoms with E-state index in [9.17, 15) is 5.11 Å². The molecule has 0 aliphatic rings. The summed E-state index contributed by atoms with van der Waals surface area (Å²) < 4.78 is 6.24. The van der Waals surface area contributed by atoms with Gasteiger partial charge in [-0.2, -0.15) is 0 Å². The Bertz CT molecular complexity index is 445. The molecule has 2 nitrogen and oxygen atoms in total. The number of hydrogen-bond donors (Lipinski definition) is 1. The quantitative estimate of drug-likeness (QED) is 0.756. The van der Waals surface area contributed by atoms with Crippen molar-refractivity contribution in [2.75, 3.05) is 7.11 Å². The van der Waals surface area contributed by atoms with Crippen molar-refractivity contribution in [3.8, 4) is 11.5 Å². The van der Waals surface area contributed by atoms with Crippen LogP contribution in [0.25, 0.3) is 10.1 Å². The van der Waals surface area contributed by atoms with Gasteiger partial charge < -0.3 is 9.84 Å². The van der Waals surface area contributed by atoms with Crippen molar-refractivity contribution < 1.29 is 9.84 Å². The van der Waals surface area contributed by atoms with Crippen LogP contribution in [0.4, 0.5) is 0 Å². The minimum Gasteiger partial charge on any atom is -0.506 e. The van der Waals surface area contributed by atoms with Crippen LogP contribution in [0, 0.1) is 6.92 Å². The van der Waals surface area contributed by atoms with Crippen molar-refractivity contribution >= 4 is 21.4 Å². The van der Waals surface area contributed by atoms with Gasteiger partial charge in [0.1, 0.15) is 11.5 Å². The van der Waals surface area contributed by atoms with Gasteiger partial charge in [0.25, 0.3) is 0 Å². The highest BCUT2D eigenvalue weighted by Crippen LogP contribution is 2.35. The molecule has 1 aromatic heterocycles. The molecule has 0 atom stereocenters. The molecule has 0 unspecified atom stereocenters. The van der Waals surface area contributed by atoms with E-state index in [1.165, 1.54) is 11.3 Å². The standard InChI is InChI=1S/C10H10O2S/c1-6-3-7-8(11)5-13-10(7)4-9(6)12-2/h3-5,11H,1-2H3. The summed E-state index contributed by atoms with van der Waals surface area (Å²) in [5.41, 5.74) is 1.05. The van der Waals surface area contributed by atoms with E-state index in [4.69, 9.17) is 4.74 Å². The van der Waals surface area contributed by atoms with E-state index in [0.717, 1.165) is 21.4 Å². The zero-order valence-electron chi connectivity index (χ0n) is 7.50. The number of fused-ring (bicyclic) bond motifs is 1. The van der Waals surface area contributed by atoms with E-state index in [1.54, 1.807) is 12.5 Å². The molecule has 1 aromatic carbocycles. The zero-order valence-corrected chi connectivity index (χ0v) is 8.31. The van der Waals surface area contributed by atoms with Crippen LogP contribution in [-0.4, -0.2) is 12.2 Å². The van der Waals surface area contributed by atoms with Gasteiger partial charge in [-0.1, -0.05) is 0 Å². The fraction of sp³-hybridized carbons (Fsp3) is 0.200. The van der Waals surface area contributed by atoms with Gasteiger partial charge in [0.15, 0.2) is 0 Å². The molecule has 1 N–H and O–H groups in total. The number of ether oxygens (including phenoxy) is 1. The van der Waals surface area contributed by atoms with Crippen molar-refractivity contribution in [1.82, 2.24) is 0 Å². The monoisotopic (exact) mass is 194 g/mol. The van der Waals surface area contributed by atoms with Crippen molar-refractivity contribution in [2.45, 2.75) is 6.92 Å². The molecule has 68 valence electrons. The van der Waals surface area contributed by atoms with Gasteiger partial charge in [-0.25, -0.2) is 0 Å². The summed E-state index contributed by atoms with van der Waals surface area (Å²) in [7, 11) is 1.65. The van der Waals surface area contributed by atoms with Crippen molar-refractivity contribution in [2.24, 2.45) is 0 Å². The second kappa shape index (κ2) is 2.92. The Morgan fingerprint density at radius 1 is 1.38 bits per heavy atom. The van der Waals surface area contributed by atoms with Crippen LogP contribution >= 0.6 is 11.3 Å². The van der Waals surface area contributed by atoms with Gasteiger partial charge >= 0.3 is 0 Å². The Hall–Kier alpha value is -1.22. The fourth-order valence-electron chi connectivity index (χ4n) is 1.37. The van der Waals surface area contributed by atoms with Gasteiger partial charge in [0.05, 0.1) is 7.11 Å². The van der Waals surface area contributed by atoms with Crippen LogP contribution in [0.5, 0.6) is 11.5 Å². The maximum atomic E-state index is 9.47. The molecule has 0 saturated carbocycles. The molecular weight excluding hydrogens is 184 g/mol. The maximum Gasteiger partial charge on any atom is 0.134 e. The summed E-state index contributed by atoms with van der Waals surface area (Å²) in [4.78, 5) is 0. The molecule has 2 aromatic rings. The third-order valence-corrected chi connectivity index (χ3v) is 3.00. The average Bonchev–Trinajstić information content (AvgIpc) is 2.47. The van der Waals surface area contributed by atoms with Crippen molar-refractivity contribution in [3.63, 3.8) is 0 Å². The number of thiophene rings is 1. The van der Waals surface area contributed by atoms with Crippen LogP contribution in [0.15, 0.2) is 17.5 Å². The fourth-order valence-corrected chi connectivity index (χ4v) is 2.20. The molecule has 0 radical (unpaired) electrons. The zero-order chi connectivity index (χ0) is 9.42. The molecule has 0 saturated heterocycles. The van der Waals surface area contributed by atoms with Gasteiger partial charge in [-0.05, 0) is 24.6 Å².